The molecule has 0 spiro atoms. The van der Waals surface area contributed by atoms with Gasteiger partial charge in [-0.1, -0.05) is 0 Å². The highest BCUT2D eigenvalue weighted by atomic mass is 16.8. The van der Waals surface area contributed by atoms with Crippen molar-refractivity contribution in [2.75, 3.05) is 59.5 Å². The lowest BCUT2D eigenvalue weighted by Gasteiger charge is -2.51. The molecule has 0 bridgehead atoms. The normalized spacial score (nSPS) is 45.3. The topological polar surface area (TPSA) is 779 Å². The molecule has 50 nitrogen and oxygen atoms in total. The van der Waals surface area contributed by atoms with Gasteiger partial charge in [0.15, 0.2) is 50.3 Å². The molecule has 114 heavy (non-hydrogen) atoms. The summed E-state index contributed by atoms with van der Waals surface area (Å²) in [5.74, 6) is -4.54. The predicted octanol–water partition coefficient (Wildman–Crippen LogP) is -19.2. The molecule has 29 N–H and O–H groups in total. The zero-order chi connectivity index (χ0) is 84.5. The third-order valence-corrected chi connectivity index (χ3v) is 20.4. The standard InChI is InChI=1S/C64H109N5O45/c1-16-35(83)46(94)48(96)61(101-16)99-14-23(82)51(36(84)22(7-70)65-17(2)77)109-60-34(69-21(6)81)45(93)52(28(12-75)106-60)111-62-50(98)54(41(89)30(108-62)15-100-63-55(47(95)40(88)27(11-74)105-63)113-58-32(67-19(4)79)43(91)38(86)25(9-72)103-58)112-64-56(114-59-33(68-20(5)80)44(92)39(87)26(10-73)104-59)49(97)53(29(13-76)107-64)110-57-31(66-18(3)78)42(90)37(85)24(8-71)102-57/h16,22-64,70-76,82-98H,7-15H2,1-6H3,(H,65,77)(H,66,78)(H,67,79)(H,68,80)(H,69,81)/t16-,22-,23+,24+,25+,26+,27+,28+,29+,30+,31+,32+,33+,34+,35+,36+,37+,38+,39+,40+,41+,42+,43+,44+,45+,46+,47-,48-,49-,50-,51+,52+,53+,54-,55-,56-,57-,58-,59-,60-,61+,62-,63-,64+/m0/s1. The second kappa shape index (κ2) is 42.3. The van der Waals surface area contributed by atoms with Gasteiger partial charge in [-0.25, -0.2) is 0 Å². The molecule has 660 valence electrons. The van der Waals surface area contributed by atoms with Crippen LogP contribution in [0.5, 0.6) is 0 Å². The third kappa shape index (κ3) is 22.1. The third-order valence-electron chi connectivity index (χ3n) is 20.4. The lowest BCUT2D eigenvalue weighted by atomic mass is 9.94. The molecular weight excluding hydrogens is 1560 g/mol. The van der Waals surface area contributed by atoms with Crippen molar-refractivity contribution in [1.82, 2.24) is 26.6 Å². The molecule has 50 heteroatoms. The van der Waals surface area contributed by atoms with E-state index in [4.69, 9.17) is 75.8 Å². The Morgan fingerprint density at radius 3 is 1.12 bits per heavy atom. The lowest BCUT2D eigenvalue weighted by Crippen LogP contribution is -2.71. The van der Waals surface area contributed by atoms with Crippen LogP contribution in [0.1, 0.15) is 41.5 Å². The first-order chi connectivity index (χ1) is 53.8. The number of hydrogen-bond donors (Lipinski definition) is 29. The van der Waals surface area contributed by atoms with Crippen LogP contribution in [-0.2, 0) is 99.8 Å². The van der Waals surface area contributed by atoms with Gasteiger partial charge < -0.3 is 225 Å². The summed E-state index contributed by atoms with van der Waals surface area (Å²) in [6.45, 7) is -4.05. The van der Waals surface area contributed by atoms with Gasteiger partial charge in [0.25, 0.3) is 0 Å². The smallest absolute Gasteiger partial charge is 0.217 e. The van der Waals surface area contributed by atoms with E-state index in [9.17, 15) is 147 Å². The number of amides is 5. The molecule has 8 rings (SSSR count). The van der Waals surface area contributed by atoms with Crippen molar-refractivity contribution in [2.45, 2.75) is 311 Å². The van der Waals surface area contributed by atoms with Crippen molar-refractivity contribution < 1.29 is 222 Å². The summed E-state index contributed by atoms with van der Waals surface area (Å²) >= 11 is 0. The van der Waals surface area contributed by atoms with E-state index in [1.54, 1.807) is 0 Å². The zero-order valence-electron chi connectivity index (χ0n) is 62.1. The highest BCUT2D eigenvalue weighted by molar-refractivity contribution is 5.75. The Hall–Kier alpha value is -4.25. The first-order valence-electron chi connectivity index (χ1n) is 36.4. The summed E-state index contributed by atoms with van der Waals surface area (Å²) in [7, 11) is 0. The predicted molar refractivity (Wildman–Crippen MR) is 356 cm³/mol. The fraction of sp³-hybridized carbons (Fsp3) is 0.922. The highest BCUT2D eigenvalue weighted by Gasteiger charge is 2.61. The van der Waals surface area contributed by atoms with Crippen molar-refractivity contribution >= 4 is 29.5 Å². The lowest BCUT2D eigenvalue weighted by molar-refractivity contribution is -0.402. The van der Waals surface area contributed by atoms with Crippen LogP contribution in [-0.4, -0.2) is 481 Å². The molecule has 0 radical (unpaired) electrons. The maximum Gasteiger partial charge on any atom is 0.217 e. The molecule has 0 saturated carbocycles. The van der Waals surface area contributed by atoms with Gasteiger partial charge in [0.2, 0.25) is 29.5 Å². The van der Waals surface area contributed by atoms with Gasteiger partial charge in [-0.05, 0) is 6.92 Å². The zero-order valence-corrected chi connectivity index (χ0v) is 62.1. The number of rotatable bonds is 33. The summed E-state index contributed by atoms with van der Waals surface area (Å²) in [5.41, 5.74) is 0. The summed E-state index contributed by atoms with van der Waals surface area (Å²) in [6.07, 6.45) is -81.8. The van der Waals surface area contributed by atoms with Gasteiger partial charge >= 0.3 is 0 Å². The van der Waals surface area contributed by atoms with Crippen molar-refractivity contribution in [3.63, 3.8) is 0 Å². The minimum absolute atomic E-state index is 0.857. The fourth-order valence-corrected chi connectivity index (χ4v) is 14.3. The van der Waals surface area contributed by atoms with Gasteiger partial charge in [0, 0.05) is 34.6 Å². The first kappa shape index (κ1) is 95.2. The number of aliphatic hydroxyl groups is 24. The van der Waals surface area contributed by atoms with E-state index in [0.29, 0.717) is 0 Å². The largest absolute Gasteiger partial charge is 0.394 e. The Bertz CT molecular complexity index is 3030. The monoisotopic (exact) mass is 1670 g/mol. The molecule has 5 amide bonds. The number of hydrogen-bond acceptors (Lipinski definition) is 45. The minimum atomic E-state index is -2.64. The van der Waals surface area contributed by atoms with Crippen LogP contribution in [0.15, 0.2) is 0 Å². The Morgan fingerprint density at radius 2 is 0.693 bits per heavy atom. The number of ether oxygens (including phenoxy) is 16. The maximum atomic E-state index is 13.2. The average Bonchev–Trinajstić information content (AvgIpc) is 0.770. The summed E-state index contributed by atoms with van der Waals surface area (Å²) < 4.78 is 95.8. The van der Waals surface area contributed by atoms with Gasteiger partial charge in [0.05, 0.1) is 71.6 Å². The van der Waals surface area contributed by atoms with E-state index in [-0.39, 0.29) is 0 Å². The van der Waals surface area contributed by atoms with E-state index < -0.39 is 359 Å². The molecule has 44 atom stereocenters. The second-order valence-corrected chi connectivity index (χ2v) is 28.7. The van der Waals surface area contributed by atoms with Crippen LogP contribution in [0.4, 0.5) is 0 Å². The van der Waals surface area contributed by atoms with E-state index in [0.717, 1.165) is 34.6 Å². The Labute approximate surface area is 647 Å². The molecule has 0 unspecified atom stereocenters. The number of aliphatic hydroxyl groups excluding tert-OH is 24. The Balaban J connectivity index is 1.20. The minimum Gasteiger partial charge on any atom is -0.394 e. The van der Waals surface area contributed by atoms with Crippen LogP contribution in [0.25, 0.3) is 0 Å². The van der Waals surface area contributed by atoms with Crippen LogP contribution in [0, 0.1) is 0 Å². The molecule has 8 saturated heterocycles. The van der Waals surface area contributed by atoms with Crippen LogP contribution < -0.4 is 26.6 Å². The van der Waals surface area contributed by atoms with Gasteiger partial charge in [0.1, 0.15) is 207 Å². The first-order valence-corrected chi connectivity index (χ1v) is 36.4. The van der Waals surface area contributed by atoms with Gasteiger partial charge in [-0.3, -0.25) is 24.0 Å². The number of carbonyl (C=O) groups is 5. The maximum absolute atomic E-state index is 13.2. The number of carbonyl (C=O) groups excluding carboxylic acids is 5. The van der Waals surface area contributed by atoms with Crippen LogP contribution in [0.3, 0.4) is 0 Å². The van der Waals surface area contributed by atoms with Crippen molar-refractivity contribution in [1.29, 1.82) is 0 Å². The molecule has 0 aliphatic carbocycles. The van der Waals surface area contributed by atoms with E-state index in [2.05, 4.69) is 26.6 Å². The van der Waals surface area contributed by atoms with Crippen LogP contribution >= 0.6 is 0 Å². The van der Waals surface area contributed by atoms with Crippen molar-refractivity contribution in [3.05, 3.63) is 0 Å². The second-order valence-electron chi connectivity index (χ2n) is 28.7. The molecule has 0 aromatic carbocycles. The summed E-state index contributed by atoms with van der Waals surface area (Å²) in [5, 5.41) is 281. The van der Waals surface area contributed by atoms with E-state index >= 15 is 0 Å². The summed E-state index contributed by atoms with van der Waals surface area (Å²) in [6, 6.07) is -9.26. The Kier molecular flexibility index (Phi) is 35.3. The van der Waals surface area contributed by atoms with Crippen LogP contribution in [0.2, 0.25) is 0 Å². The average molecular weight is 1670 g/mol. The van der Waals surface area contributed by atoms with Gasteiger partial charge in [-0.15, -0.1) is 0 Å². The van der Waals surface area contributed by atoms with E-state index in [1.807, 2.05) is 0 Å². The number of nitrogens with one attached hydrogen (secondary N) is 5. The molecule has 8 heterocycles. The molecular formula is C64H109N5O45. The molecule has 8 aliphatic heterocycles. The molecule has 8 fully saturated rings. The van der Waals surface area contributed by atoms with Gasteiger partial charge in [-0.2, -0.15) is 0 Å². The van der Waals surface area contributed by atoms with Crippen molar-refractivity contribution in [3.8, 4) is 0 Å². The van der Waals surface area contributed by atoms with E-state index in [1.165, 1.54) is 6.92 Å². The Morgan fingerprint density at radius 1 is 0.325 bits per heavy atom. The van der Waals surface area contributed by atoms with Crippen molar-refractivity contribution in [2.24, 2.45) is 0 Å². The summed E-state index contributed by atoms with van der Waals surface area (Å²) in [4.78, 5) is 63.4. The quantitative estimate of drug-likeness (QED) is 0.0290. The molecule has 8 aliphatic rings. The molecule has 0 aromatic rings. The fourth-order valence-electron chi connectivity index (χ4n) is 14.3. The SMILES string of the molecule is CC(=O)N[C@H]1[C@H](O[C@@H]([C@H](O)[C@H](CO)NC(C)=O)[C@H](O)CO[C@@H]2O[C@@H](C)[C@@H](O)[C@@H](O)[C@@H]2O)O[C@H](CO)[C@@H](O[C@@H]2O[C@H](CO[C@H]3O[C@H](CO)[C@@H](O)[C@H](O)[C@@H]3O[C@@H]3O[C@H](CO)[C@@H](O)[C@H](O)[C@H]3NC(C)=O)[C@@H](O)[C@H](O[C@H]3O[C@H](CO)[C@@H](O[C@@H]4O[C@H](CO)[C@@H](O)[C@H](O)[C@H]4NC(C)=O)[C@H](O)[C@@H]3O[C@@H]3O[C@H](CO)[C@@H](O)[C@H](O)[C@H]3NC(C)=O)[C@@H]2O)[C@@H]1O. The molecule has 0 aromatic heterocycles. The highest BCUT2D eigenvalue weighted by Crippen LogP contribution is 2.40.